The monoisotopic (exact) mass is 281 g/mol. The zero-order valence-electron chi connectivity index (χ0n) is 10.5. The summed E-state index contributed by atoms with van der Waals surface area (Å²) in [6.45, 7) is 1.89. The Balaban J connectivity index is 2.20. The first kappa shape index (κ1) is 14.0. The van der Waals surface area contributed by atoms with Crippen LogP contribution in [-0.2, 0) is 6.42 Å². The highest BCUT2D eigenvalue weighted by Crippen LogP contribution is 2.23. The summed E-state index contributed by atoms with van der Waals surface area (Å²) in [6, 6.07) is 8.65. The molecule has 0 aromatic heterocycles. The van der Waals surface area contributed by atoms with Gasteiger partial charge >= 0.3 is 0 Å². The third-order valence-electron chi connectivity index (χ3n) is 3.07. The smallest absolute Gasteiger partial charge is 0.129 e. The Hall–Kier alpha value is -1.45. The van der Waals surface area contributed by atoms with Gasteiger partial charge in [0.15, 0.2) is 0 Å². The number of aryl methyl sites for hydroxylation is 1. The van der Waals surface area contributed by atoms with Crippen molar-refractivity contribution in [1.82, 2.24) is 0 Å². The number of benzene rings is 2. The molecule has 19 heavy (non-hydrogen) atoms. The van der Waals surface area contributed by atoms with E-state index in [-0.39, 0.29) is 6.04 Å². The van der Waals surface area contributed by atoms with E-state index in [9.17, 15) is 8.78 Å². The molecule has 1 nitrogen and oxygen atoms in total. The first-order chi connectivity index (χ1) is 8.97. The van der Waals surface area contributed by atoms with Crippen molar-refractivity contribution in [1.29, 1.82) is 0 Å². The van der Waals surface area contributed by atoms with Gasteiger partial charge in [0.05, 0.1) is 0 Å². The molecule has 2 aromatic rings. The van der Waals surface area contributed by atoms with Crippen LogP contribution in [0.5, 0.6) is 0 Å². The molecule has 100 valence electrons. The van der Waals surface area contributed by atoms with Gasteiger partial charge in [0.25, 0.3) is 0 Å². The molecule has 4 heteroatoms. The minimum atomic E-state index is -0.586. The van der Waals surface area contributed by atoms with E-state index in [4.69, 9.17) is 17.3 Å². The maximum absolute atomic E-state index is 13.6. The first-order valence-corrected chi connectivity index (χ1v) is 6.30. The van der Waals surface area contributed by atoms with E-state index in [0.717, 1.165) is 17.2 Å². The van der Waals surface area contributed by atoms with Crippen LogP contribution in [-0.4, -0.2) is 0 Å². The third kappa shape index (κ3) is 3.31. The highest BCUT2D eigenvalue weighted by molar-refractivity contribution is 6.31. The first-order valence-electron chi connectivity index (χ1n) is 5.93. The molecule has 0 saturated heterocycles. The number of hydrogen-bond acceptors (Lipinski definition) is 1. The molecule has 1 unspecified atom stereocenters. The Morgan fingerprint density at radius 3 is 2.53 bits per heavy atom. The second-order valence-corrected chi connectivity index (χ2v) is 4.96. The van der Waals surface area contributed by atoms with E-state index >= 15 is 0 Å². The van der Waals surface area contributed by atoms with Crippen LogP contribution in [0.2, 0.25) is 5.02 Å². The topological polar surface area (TPSA) is 26.0 Å². The Labute approximate surface area is 116 Å². The normalized spacial score (nSPS) is 12.5. The second kappa shape index (κ2) is 5.68. The number of nitrogens with two attached hydrogens (primary N) is 1. The van der Waals surface area contributed by atoms with Crippen LogP contribution in [0, 0.1) is 18.6 Å². The summed E-state index contributed by atoms with van der Waals surface area (Å²) >= 11 is 5.95. The van der Waals surface area contributed by atoms with Gasteiger partial charge in [-0.1, -0.05) is 29.8 Å². The highest BCUT2D eigenvalue weighted by Gasteiger charge is 2.12. The van der Waals surface area contributed by atoms with Crippen LogP contribution in [0.4, 0.5) is 8.78 Å². The van der Waals surface area contributed by atoms with Crippen LogP contribution in [0.3, 0.4) is 0 Å². The number of rotatable bonds is 3. The van der Waals surface area contributed by atoms with Gasteiger partial charge in [0.1, 0.15) is 11.6 Å². The van der Waals surface area contributed by atoms with Gasteiger partial charge in [-0.2, -0.15) is 0 Å². The summed E-state index contributed by atoms with van der Waals surface area (Å²) in [5.74, 6) is -1.15. The SMILES string of the molecule is Cc1cc(C(N)Cc2ccc(F)cc2F)ccc1Cl. The number of halogens is 3. The Bertz CT molecular complexity index is 599. The lowest BCUT2D eigenvalue weighted by Crippen LogP contribution is -2.14. The van der Waals surface area contributed by atoms with Crippen molar-refractivity contribution in [3.63, 3.8) is 0 Å². The lowest BCUT2D eigenvalue weighted by molar-refractivity contribution is 0.563. The van der Waals surface area contributed by atoms with E-state index in [1.165, 1.54) is 12.1 Å². The van der Waals surface area contributed by atoms with Crippen molar-refractivity contribution in [3.05, 3.63) is 69.7 Å². The molecule has 0 aliphatic rings. The van der Waals surface area contributed by atoms with Crippen molar-refractivity contribution in [3.8, 4) is 0 Å². The largest absolute Gasteiger partial charge is 0.324 e. The van der Waals surface area contributed by atoms with Crippen molar-refractivity contribution in [2.45, 2.75) is 19.4 Å². The zero-order valence-corrected chi connectivity index (χ0v) is 11.2. The number of hydrogen-bond donors (Lipinski definition) is 1. The van der Waals surface area contributed by atoms with Gasteiger partial charge in [-0.3, -0.25) is 0 Å². The molecule has 2 N–H and O–H groups in total. The fraction of sp³-hybridized carbons (Fsp3) is 0.200. The highest BCUT2D eigenvalue weighted by atomic mass is 35.5. The lowest BCUT2D eigenvalue weighted by atomic mass is 9.98. The van der Waals surface area contributed by atoms with Crippen LogP contribution in [0.1, 0.15) is 22.7 Å². The molecular weight excluding hydrogens is 268 g/mol. The summed E-state index contributed by atoms with van der Waals surface area (Å²) in [7, 11) is 0. The van der Waals surface area contributed by atoms with Crippen molar-refractivity contribution in [2.75, 3.05) is 0 Å². The van der Waals surface area contributed by atoms with Crippen molar-refractivity contribution < 1.29 is 8.78 Å². The molecule has 0 bridgehead atoms. The fourth-order valence-corrected chi connectivity index (χ4v) is 2.06. The van der Waals surface area contributed by atoms with Crippen molar-refractivity contribution in [2.24, 2.45) is 5.73 Å². The Morgan fingerprint density at radius 2 is 1.89 bits per heavy atom. The average Bonchev–Trinajstić information content (AvgIpc) is 2.36. The summed E-state index contributed by atoms with van der Waals surface area (Å²) in [4.78, 5) is 0. The van der Waals surface area contributed by atoms with Crippen LogP contribution in [0.15, 0.2) is 36.4 Å². The molecule has 0 saturated carbocycles. The molecule has 0 heterocycles. The lowest BCUT2D eigenvalue weighted by Gasteiger charge is -2.14. The summed E-state index contributed by atoms with van der Waals surface area (Å²) in [6.07, 6.45) is 0.313. The van der Waals surface area contributed by atoms with E-state index in [2.05, 4.69) is 0 Å². The van der Waals surface area contributed by atoms with Gasteiger partial charge in [-0.05, 0) is 42.2 Å². The maximum Gasteiger partial charge on any atom is 0.129 e. The van der Waals surface area contributed by atoms with Gasteiger partial charge in [-0.25, -0.2) is 8.78 Å². The molecule has 0 spiro atoms. The average molecular weight is 282 g/mol. The maximum atomic E-state index is 13.6. The van der Waals surface area contributed by atoms with E-state index in [0.29, 0.717) is 17.0 Å². The second-order valence-electron chi connectivity index (χ2n) is 4.55. The van der Waals surface area contributed by atoms with Gasteiger partial charge in [0.2, 0.25) is 0 Å². The molecule has 0 aliphatic heterocycles. The molecule has 0 fully saturated rings. The van der Waals surface area contributed by atoms with E-state index < -0.39 is 11.6 Å². The van der Waals surface area contributed by atoms with E-state index in [1.807, 2.05) is 19.1 Å². The predicted molar refractivity (Wildman–Crippen MR) is 73.2 cm³/mol. The molecular formula is C15H14ClF2N. The summed E-state index contributed by atoms with van der Waals surface area (Å²) in [5, 5.41) is 0.670. The predicted octanol–water partition coefficient (Wildman–Crippen LogP) is 4.17. The molecule has 2 aromatic carbocycles. The zero-order chi connectivity index (χ0) is 14.0. The molecule has 0 amide bonds. The summed E-state index contributed by atoms with van der Waals surface area (Å²) < 4.78 is 26.4. The van der Waals surface area contributed by atoms with Crippen molar-refractivity contribution >= 4 is 11.6 Å². The third-order valence-corrected chi connectivity index (χ3v) is 3.49. The quantitative estimate of drug-likeness (QED) is 0.898. The fourth-order valence-electron chi connectivity index (χ4n) is 1.94. The minimum absolute atomic E-state index is 0.313. The van der Waals surface area contributed by atoms with Crippen LogP contribution in [0.25, 0.3) is 0 Å². The molecule has 2 rings (SSSR count). The minimum Gasteiger partial charge on any atom is -0.324 e. The Kier molecular flexibility index (Phi) is 4.17. The van der Waals surface area contributed by atoms with Gasteiger partial charge in [0, 0.05) is 17.1 Å². The van der Waals surface area contributed by atoms with Gasteiger partial charge < -0.3 is 5.73 Å². The Morgan fingerprint density at radius 1 is 1.16 bits per heavy atom. The van der Waals surface area contributed by atoms with Crippen LogP contribution >= 0.6 is 11.6 Å². The van der Waals surface area contributed by atoms with Gasteiger partial charge in [-0.15, -0.1) is 0 Å². The molecule has 1 atom stereocenters. The summed E-state index contributed by atoms with van der Waals surface area (Å²) in [5.41, 5.74) is 8.26. The molecule has 0 aliphatic carbocycles. The van der Waals surface area contributed by atoms with E-state index in [1.54, 1.807) is 6.07 Å². The standard InChI is InChI=1S/C15H14ClF2N/c1-9-6-11(3-5-13(9)16)15(19)7-10-2-4-12(17)8-14(10)18/h2-6,8,15H,7,19H2,1H3. The van der Waals surface area contributed by atoms with Crippen LogP contribution < -0.4 is 5.73 Å². The molecule has 0 radical (unpaired) electrons.